The van der Waals surface area contributed by atoms with E-state index in [9.17, 15) is 9.50 Å². The lowest BCUT2D eigenvalue weighted by Gasteiger charge is -2.17. The number of rotatable bonds is 3. The maximum atomic E-state index is 13.7. The first-order valence-corrected chi connectivity index (χ1v) is 6.22. The third-order valence-electron chi connectivity index (χ3n) is 2.58. The Kier molecular flexibility index (Phi) is 3.81. The third kappa shape index (κ3) is 2.79. The normalized spacial score (nSPS) is 12.2. The standard InChI is InChI=1S/C13H12BrFN2O/c1-8(10-5-4-9(18)7-11(10)15)17-12-3-2-6-16-13(12)14/h2-8,17-18H,1H3. The number of hydrogen-bond donors (Lipinski definition) is 2. The van der Waals surface area contributed by atoms with Crippen LogP contribution in [0.4, 0.5) is 10.1 Å². The maximum Gasteiger partial charge on any atom is 0.132 e. The van der Waals surface area contributed by atoms with Crippen molar-refractivity contribution in [2.24, 2.45) is 0 Å². The van der Waals surface area contributed by atoms with E-state index in [1.165, 1.54) is 6.07 Å². The Hall–Kier alpha value is -1.62. The summed E-state index contributed by atoms with van der Waals surface area (Å²) < 4.78 is 14.4. The van der Waals surface area contributed by atoms with E-state index in [0.29, 0.717) is 10.2 Å². The molecule has 0 saturated carbocycles. The number of phenols is 1. The fraction of sp³-hybridized carbons (Fsp3) is 0.154. The molecule has 1 heterocycles. The number of nitrogens with one attached hydrogen (secondary N) is 1. The average Bonchev–Trinajstić information content (AvgIpc) is 2.32. The highest BCUT2D eigenvalue weighted by Crippen LogP contribution is 2.27. The molecule has 1 aromatic heterocycles. The molecule has 5 heteroatoms. The molecule has 0 spiro atoms. The molecule has 1 atom stereocenters. The molecule has 0 saturated heterocycles. The van der Waals surface area contributed by atoms with Gasteiger partial charge >= 0.3 is 0 Å². The van der Waals surface area contributed by atoms with Crippen molar-refractivity contribution in [2.45, 2.75) is 13.0 Å². The van der Waals surface area contributed by atoms with Crippen LogP contribution in [0.25, 0.3) is 0 Å². The summed E-state index contributed by atoms with van der Waals surface area (Å²) in [6.45, 7) is 1.84. The second kappa shape index (κ2) is 5.35. The van der Waals surface area contributed by atoms with Crippen molar-refractivity contribution in [3.63, 3.8) is 0 Å². The molecule has 94 valence electrons. The number of anilines is 1. The van der Waals surface area contributed by atoms with Gasteiger partial charge in [0.05, 0.1) is 11.7 Å². The zero-order valence-corrected chi connectivity index (χ0v) is 11.3. The van der Waals surface area contributed by atoms with E-state index < -0.39 is 5.82 Å². The molecule has 0 aliphatic carbocycles. The minimum Gasteiger partial charge on any atom is -0.508 e. The van der Waals surface area contributed by atoms with Crippen LogP contribution < -0.4 is 5.32 Å². The van der Waals surface area contributed by atoms with Crippen molar-refractivity contribution in [3.8, 4) is 5.75 Å². The molecule has 0 radical (unpaired) electrons. The first-order chi connectivity index (χ1) is 8.58. The van der Waals surface area contributed by atoms with Crippen LogP contribution in [0, 0.1) is 5.82 Å². The molecule has 1 unspecified atom stereocenters. The highest BCUT2D eigenvalue weighted by Gasteiger charge is 2.12. The Morgan fingerprint density at radius 3 is 2.83 bits per heavy atom. The number of hydrogen-bond acceptors (Lipinski definition) is 3. The topological polar surface area (TPSA) is 45.2 Å². The van der Waals surface area contributed by atoms with Crippen LogP contribution in [0.5, 0.6) is 5.75 Å². The van der Waals surface area contributed by atoms with Gasteiger partial charge in [0.2, 0.25) is 0 Å². The van der Waals surface area contributed by atoms with Crippen molar-refractivity contribution in [3.05, 3.63) is 52.5 Å². The van der Waals surface area contributed by atoms with Crippen molar-refractivity contribution in [2.75, 3.05) is 5.32 Å². The maximum absolute atomic E-state index is 13.7. The van der Waals surface area contributed by atoms with Gasteiger partial charge in [0.25, 0.3) is 0 Å². The molecule has 0 aliphatic heterocycles. The van der Waals surface area contributed by atoms with E-state index in [4.69, 9.17) is 0 Å². The van der Waals surface area contributed by atoms with Gasteiger partial charge in [0.15, 0.2) is 0 Å². The van der Waals surface area contributed by atoms with E-state index in [0.717, 1.165) is 11.8 Å². The lowest BCUT2D eigenvalue weighted by molar-refractivity contribution is 0.467. The van der Waals surface area contributed by atoms with Gasteiger partial charge in [-0.05, 0) is 41.1 Å². The van der Waals surface area contributed by atoms with Gasteiger partial charge in [-0.2, -0.15) is 0 Å². The minimum absolute atomic E-state index is 0.0778. The molecule has 18 heavy (non-hydrogen) atoms. The van der Waals surface area contributed by atoms with E-state index in [1.54, 1.807) is 18.3 Å². The first kappa shape index (κ1) is 12.8. The summed E-state index contributed by atoms with van der Waals surface area (Å²) in [5, 5.41) is 12.3. The number of aromatic hydroxyl groups is 1. The number of pyridine rings is 1. The zero-order chi connectivity index (χ0) is 13.1. The predicted octanol–water partition coefficient (Wildman–Crippen LogP) is 3.86. The average molecular weight is 311 g/mol. The fourth-order valence-corrected chi connectivity index (χ4v) is 2.04. The van der Waals surface area contributed by atoms with Crippen LogP contribution in [-0.4, -0.2) is 10.1 Å². The second-order valence-electron chi connectivity index (χ2n) is 3.91. The molecule has 0 amide bonds. The molecule has 2 rings (SSSR count). The quantitative estimate of drug-likeness (QED) is 0.846. The number of benzene rings is 1. The lowest BCUT2D eigenvalue weighted by atomic mass is 10.1. The van der Waals surface area contributed by atoms with Gasteiger partial charge in [-0.1, -0.05) is 6.07 Å². The van der Waals surface area contributed by atoms with Crippen LogP contribution in [0.2, 0.25) is 0 Å². The molecular formula is C13H12BrFN2O. The second-order valence-corrected chi connectivity index (χ2v) is 4.66. The fourth-order valence-electron chi connectivity index (χ4n) is 1.67. The van der Waals surface area contributed by atoms with Crippen LogP contribution in [0.3, 0.4) is 0 Å². The molecule has 2 aromatic rings. The SMILES string of the molecule is CC(Nc1cccnc1Br)c1ccc(O)cc1F. The number of phenolic OH excluding ortho intramolecular Hbond substituents is 1. The molecule has 1 aromatic carbocycles. The van der Waals surface area contributed by atoms with Crippen molar-refractivity contribution < 1.29 is 9.50 Å². The largest absolute Gasteiger partial charge is 0.508 e. The van der Waals surface area contributed by atoms with Crippen LogP contribution in [0.15, 0.2) is 41.1 Å². The number of aromatic nitrogens is 1. The van der Waals surface area contributed by atoms with E-state index >= 15 is 0 Å². The third-order valence-corrected chi connectivity index (χ3v) is 3.21. The predicted molar refractivity (Wildman–Crippen MR) is 72.0 cm³/mol. The number of halogens is 2. The van der Waals surface area contributed by atoms with Gasteiger partial charge in [0, 0.05) is 17.8 Å². The van der Waals surface area contributed by atoms with Crippen LogP contribution >= 0.6 is 15.9 Å². The molecule has 0 fully saturated rings. The first-order valence-electron chi connectivity index (χ1n) is 5.43. The van der Waals surface area contributed by atoms with Crippen molar-refractivity contribution in [1.29, 1.82) is 0 Å². The van der Waals surface area contributed by atoms with Crippen molar-refractivity contribution >= 4 is 21.6 Å². The molecule has 0 aliphatic rings. The Labute approximate surface area is 113 Å². The minimum atomic E-state index is -0.435. The molecular weight excluding hydrogens is 299 g/mol. The Bertz CT molecular complexity index is 562. The Balaban J connectivity index is 2.22. The van der Waals surface area contributed by atoms with Gasteiger partial charge in [0.1, 0.15) is 16.2 Å². The lowest BCUT2D eigenvalue weighted by Crippen LogP contribution is -2.09. The zero-order valence-electron chi connectivity index (χ0n) is 9.69. The summed E-state index contributed by atoms with van der Waals surface area (Å²) in [6, 6.07) is 7.55. The van der Waals surface area contributed by atoms with Gasteiger partial charge in [-0.3, -0.25) is 0 Å². The van der Waals surface area contributed by atoms with E-state index in [1.807, 2.05) is 13.0 Å². The number of nitrogens with zero attached hydrogens (tertiary/aromatic N) is 1. The molecule has 2 N–H and O–H groups in total. The van der Waals surface area contributed by atoms with Gasteiger partial charge < -0.3 is 10.4 Å². The van der Waals surface area contributed by atoms with Gasteiger partial charge in [-0.15, -0.1) is 0 Å². The Morgan fingerprint density at radius 1 is 1.39 bits per heavy atom. The summed E-state index contributed by atoms with van der Waals surface area (Å²) in [6.07, 6.45) is 1.67. The van der Waals surface area contributed by atoms with E-state index in [-0.39, 0.29) is 11.8 Å². The smallest absolute Gasteiger partial charge is 0.132 e. The Morgan fingerprint density at radius 2 is 2.17 bits per heavy atom. The summed E-state index contributed by atoms with van der Waals surface area (Å²) in [5.74, 6) is -0.513. The van der Waals surface area contributed by atoms with Crippen LogP contribution in [-0.2, 0) is 0 Å². The van der Waals surface area contributed by atoms with Gasteiger partial charge in [-0.25, -0.2) is 9.37 Å². The van der Waals surface area contributed by atoms with E-state index in [2.05, 4.69) is 26.2 Å². The molecule has 0 bridgehead atoms. The monoisotopic (exact) mass is 310 g/mol. The highest BCUT2D eigenvalue weighted by molar-refractivity contribution is 9.10. The summed E-state index contributed by atoms with van der Waals surface area (Å²) in [4.78, 5) is 4.08. The molecule has 3 nitrogen and oxygen atoms in total. The van der Waals surface area contributed by atoms with Crippen molar-refractivity contribution in [1.82, 2.24) is 4.98 Å². The highest BCUT2D eigenvalue weighted by atomic mass is 79.9. The summed E-state index contributed by atoms with van der Waals surface area (Å²) in [5.41, 5.74) is 1.28. The van der Waals surface area contributed by atoms with Crippen LogP contribution in [0.1, 0.15) is 18.5 Å². The summed E-state index contributed by atoms with van der Waals surface area (Å²) >= 11 is 3.32. The summed E-state index contributed by atoms with van der Waals surface area (Å²) in [7, 11) is 0.